The molecule has 3 aromatic heterocycles. The first-order valence-electron chi connectivity index (χ1n) is 10.0. The van der Waals surface area contributed by atoms with Gasteiger partial charge in [-0.1, -0.05) is 6.07 Å². The van der Waals surface area contributed by atoms with E-state index in [0.29, 0.717) is 10.9 Å². The number of piperidine rings is 1. The number of aromatic nitrogens is 5. The highest BCUT2D eigenvalue weighted by Crippen LogP contribution is 2.24. The number of benzene rings is 1. The van der Waals surface area contributed by atoms with Crippen molar-refractivity contribution in [2.45, 2.75) is 32.7 Å². The molecule has 0 amide bonds. The third kappa shape index (κ3) is 3.11. The van der Waals surface area contributed by atoms with Crippen molar-refractivity contribution in [3.63, 3.8) is 0 Å². The molecule has 148 valence electrons. The van der Waals surface area contributed by atoms with Crippen molar-refractivity contribution in [2.75, 3.05) is 20.1 Å². The second-order valence-corrected chi connectivity index (χ2v) is 8.05. The molecule has 0 spiro atoms. The lowest BCUT2D eigenvalue weighted by Gasteiger charge is -2.30. The zero-order chi connectivity index (χ0) is 20.1. The molecule has 0 radical (unpaired) electrons. The third-order valence-corrected chi connectivity index (χ3v) is 5.89. The molecule has 7 heteroatoms. The van der Waals surface area contributed by atoms with E-state index in [4.69, 9.17) is 4.98 Å². The molecule has 1 aliphatic heterocycles. The van der Waals surface area contributed by atoms with E-state index in [1.54, 1.807) is 6.33 Å². The van der Waals surface area contributed by atoms with Crippen LogP contribution >= 0.6 is 0 Å². The first-order valence-corrected chi connectivity index (χ1v) is 10.0. The van der Waals surface area contributed by atoms with Gasteiger partial charge in [-0.3, -0.25) is 14.3 Å². The van der Waals surface area contributed by atoms with Gasteiger partial charge in [0, 0.05) is 24.0 Å². The number of aryl methyl sites for hydroxylation is 2. The van der Waals surface area contributed by atoms with Crippen LogP contribution in [0.5, 0.6) is 0 Å². The van der Waals surface area contributed by atoms with E-state index < -0.39 is 0 Å². The summed E-state index contributed by atoms with van der Waals surface area (Å²) in [5, 5.41) is 0.660. The van der Waals surface area contributed by atoms with Gasteiger partial charge in [-0.2, -0.15) is 0 Å². The Kier molecular flexibility index (Phi) is 4.20. The molecule has 0 atom stereocenters. The molecular weight excluding hydrogens is 364 g/mol. The summed E-state index contributed by atoms with van der Waals surface area (Å²) in [6.07, 6.45) is 7.65. The lowest BCUT2D eigenvalue weighted by molar-refractivity contribution is 0.218. The van der Waals surface area contributed by atoms with Gasteiger partial charge in [0.05, 0.1) is 34.3 Å². The van der Waals surface area contributed by atoms with Crippen LogP contribution in [0.3, 0.4) is 0 Å². The predicted molar refractivity (Wildman–Crippen MR) is 113 cm³/mol. The molecule has 0 saturated carbocycles. The van der Waals surface area contributed by atoms with Crippen molar-refractivity contribution in [1.82, 2.24) is 28.8 Å². The van der Waals surface area contributed by atoms with Gasteiger partial charge in [0.25, 0.3) is 5.56 Å². The fraction of sp³-hybridized carbons (Fsp3) is 0.364. The van der Waals surface area contributed by atoms with E-state index in [1.807, 2.05) is 53.4 Å². The van der Waals surface area contributed by atoms with E-state index in [2.05, 4.69) is 21.9 Å². The molecule has 1 saturated heterocycles. The molecule has 4 heterocycles. The van der Waals surface area contributed by atoms with Crippen LogP contribution in [0.4, 0.5) is 0 Å². The van der Waals surface area contributed by atoms with Gasteiger partial charge in [-0.15, -0.1) is 0 Å². The fourth-order valence-electron chi connectivity index (χ4n) is 4.27. The highest BCUT2D eigenvalue weighted by Gasteiger charge is 2.20. The monoisotopic (exact) mass is 388 g/mol. The van der Waals surface area contributed by atoms with Crippen molar-refractivity contribution >= 4 is 16.6 Å². The predicted octanol–water partition coefficient (Wildman–Crippen LogP) is 2.99. The Morgan fingerprint density at radius 1 is 1.07 bits per heavy atom. The normalized spacial score (nSPS) is 16.1. The second-order valence-electron chi connectivity index (χ2n) is 8.05. The second kappa shape index (κ2) is 6.77. The molecule has 0 bridgehead atoms. The molecule has 1 aliphatic rings. The Morgan fingerprint density at radius 3 is 2.66 bits per heavy atom. The number of hydrogen-bond donors (Lipinski definition) is 0. The Bertz CT molecular complexity index is 1280. The highest BCUT2D eigenvalue weighted by molar-refractivity contribution is 5.83. The summed E-state index contributed by atoms with van der Waals surface area (Å²) in [5.74, 6) is 0. The van der Waals surface area contributed by atoms with Crippen molar-refractivity contribution < 1.29 is 0 Å². The minimum Gasteiger partial charge on any atom is -0.306 e. The summed E-state index contributed by atoms with van der Waals surface area (Å²) >= 11 is 0. The van der Waals surface area contributed by atoms with Crippen molar-refractivity contribution in [3.8, 4) is 11.3 Å². The molecule has 0 aliphatic carbocycles. The average Bonchev–Trinajstić information content (AvgIpc) is 3.13. The SMILES string of the molecule is Cc1cn2cc(-c3ccc4c(=O)n(C5CCN(C)CC5)cnc4c3)nc2c(C)n1. The number of likely N-dealkylation sites (tertiary alicyclic amines) is 1. The molecular formula is C22H24N6O. The standard InChI is InChI=1S/C22H24N6O/c1-14-11-27-12-20(25-21(27)15(2)24-14)16-4-5-18-19(10-16)23-13-28(22(18)29)17-6-8-26(3)9-7-17/h4-5,10-13,17H,6-9H2,1-3H3. The molecule has 7 nitrogen and oxygen atoms in total. The molecule has 0 N–H and O–H groups in total. The van der Waals surface area contributed by atoms with Gasteiger partial charge in [0.1, 0.15) is 0 Å². The quantitative estimate of drug-likeness (QED) is 0.528. The van der Waals surface area contributed by atoms with Crippen LogP contribution in [0.25, 0.3) is 27.8 Å². The van der Waals surface area contributed by atoms with E-state index in [1.165, 1.54) is 0 Å². The largest absolute Gasteiger partial charge is 0.306 e. The Balaban J connectivity index is 1.55. The van der Waals surface area contributed by atoms with Gasteiger partial charge >= 0.3 is 0 Å². The third-order valence-electron chi connectivity index (χ3n) is 5.89. The van der Waals surface area contributed by atoms with Crippen LogP contribution in [0.1, 0.15) is 30.3 Å². The van der Waals surface area contributed by atoms with Crippen LogP contribution in [-0.2, 0) is 0 Å². The molecule has 29 heavy (non-hydrogen) atoms. The van der Waals surface area contributed by atoms with Gasteiger partial charge in [-0.05, 0) is 59.0 Å². The Labute approximate surface area is 168 Å². The molecule has 4 aromatic rings. The topological polar surface area (TPSA) is 68.3 Å². The number of nitrogens with zero attached hydrogens (tertiary/aromatic N) is 6. The van der Waals surface area contributed by atoms with Crippen LogP contribution in [0.15, 0.2) is 41.7 Å². The molecule has 5 rings (SSSR count). The summed E-state index contributed by atoms with van der Waals surface area (Å²) in [6, 6.07) is 6.02. The van der Waals surface area contributed by atoms with Gasteiger partial charge in [0.2, 0.25) is 0 Å². The van der Waals surface area contributed by atoms with Gasteiger partial charge in [-0.25, -0.2) is 9.97 Å². The van der Waals surface area contributed by atoms with E-state index in [0.717, 1.165) is 54.2 Å². The maximum atomic E-state index is 13.1. The van der Waals surface area contributed by atoms with Gasteiger partial charge in [0.15, 0.2) is 5.65 Å². The van der Waals surface area contributed by atoms with E-state index in [-0.39, 0.29) is 11.6 Å². The van der Waals surface area contributed by atoms with Crippen molar-refractivity contribution in [3.05, 3.63) is 58.7 Å². The Hall–Kier alpha value is -3.06. The molecule has 0 unspecified atom stereocenters. The average molecular weight is 388 g/mol. The summed E-state index contributed by atoms with van der Waals surface area (Å²) in [5.41, 5.74) is 5.24. The zero-order valence-corrected chi connectivity index (χ0v) is 17.0. The molecule has 1 aromatic carbocycles. The lowest BCUT2D eigenvalue weighted by Crippen LogP contribution is -2.35. The number of imidazole rings is 1. The summed E-state index contributed by atoms with van der Waals surface area (Å²) in [6.45, 7) is 5.96. The van der Waals surface area contributed by atoms with Crippen molar-refractivity contribution in [2.24, 2.45) is 0 Å². The van der Waals surface area contributed by atoms with E-state index in [9.17, 15) is 4.79 Å². The summed E-state index contributed by atoms with van der Waals surface area (Å²) in [7, 11) is 2.12. The summed E-state index contributed by atoms with van der Waals surface area (Å²) in [4.78, 5) is 29.2. The van der Waals surface area contributed by atoms with Crippen LogP contribution in [-0.4, -0.2) is 49.0 Å². The maximum absolute atomic E-state index is 13.1. The smallest absolute Gasteiger partial charge is 0.261 e. The molecule has 1 fully saturated rings. The first-order chi connectivity index (χ1) is 14.0. The first kappa shape index (κ1) is 18.0. The lowest BCUT2D eigenvalue weighted by atomic mass is 10.0. The van der Waals surface area contributed by atoms with Crippen LogP contribution in [0.2, 0.25) is 0 Å². The number of fused-ring (bicyclic) bond motifs is 2. The van der Waals surface area contributed by atoms with Crippen molar-refractivity contribution in [1.29, 1.82) is 0 Å². The minimum atomic E-state index is 0.0433. The minimum absolute atomic E-state index is 0.0433. The highest BCUT2D eigenvalue weighted by atomic mass is 16.1. The summed E-state index contributed by atoms with van der Waals surface area (Å²) < 4.78 is 3.82. The van der Waals surface area contributed by atoms with E-state index >= 15 is 0 Å². The zero-order valence-electron chi connectivity index (χ0n) is 17.0. The van der Waals surface area contributed by atoms with Crippen LogP contribution < -0.4 is 5.56 Å². The van der Waals surface area contributed by atoms with Gasteiger partial charge < -0.3 is 9.30 Å². The number of hydrogen-bond acceptors (Lipinski definition) is 5. The number of rotatable bonds is 2. The van der Waals surface area contributed by atoms with Crippen LogP contribution in [0, 0.1) is 13.8 Å². The fourth-order valence-corrected chi connectivity index (χ4v) is 4.27. The Morgan fingerprint density at radius 2 is 1.86 bits per heavy atom. The maximum Gasteiger partial charge on any atom is 0.261 e.